The van der Waals surface area contributed by atoms with Crippen molar-refractivity contribution in [3.63, 3.8) is 0 Å². The minimum Gasteiger partial charge on any atom is -0.351 e. The Kier molecular flexibility index (Phi) is 3.86. The maximum atomic E-state index is 11.9. The first-order chi connectivity index (χ1) is 10.7. The molecule has 114 valence electrons. The van der Waals surface area contributed by atoms with Gasteiger partial charge in [0, 0.05) is 43.7 Å². The van der Waals surface area contributed by atoms with Gasteiger partial charge in [0.1, 0.15) is 0 Å². The topological polar surface area (TPSA) is 81.3 Å². The molecule has 3 heterocycles. The van der Waals surface area contributed by atoms with E-state index in [2.05, 4.69) is 4.98 Å². The number of hydrogen-bond donors (Lipinski definition) is 0. The number of nitrogens with zero attached hydrogens (tertiary/aromatic N) is 4. The highest BCUT2D eigenvalue weighted by Gasteiger charge is 2.26. The minimum atomic E-state index is -0.407. The summed E-state index contributed by atoms with van der Waals surface area (Å²) in [6.45, 7) is 1.29. The molecule has 0 aliphatic carbocycles. The Hall–Kier alpha value is -2.70. The first kappa shape index (κ1) is 14.2. The van der Waals surface area contributed by atoms with E-state index in [4.69, 9.17) is 0 Å². The SMILES string of the molecule is O=c1ccccn1C1CCN(c2ncccc2[N+](=O)[O-])CC1. The summed E-state index contributed by atoms with van der Waals surface area (Å²) in [6, 6.07) is 8.29. The van der Waals surface area contributed by atoms with E-state index >= 15 is 0 Å². The van der Waals surface area contributed by atoms with Crippen LogP contribution in [-0.2, 0) is 0 Å². The van der Waals surface area contributed by atoms with Crippen molar-refractivity contribution in [1.29, 1.82) is 0 Å². The van der Waals surface area contributed by atoms with Gasteiger partial charge in [-0.15, -0.1) is 0 Å². The molecule has 7 nitrogen and oxygen atoms in total. The van der Waals surface area contributed by atoms with Crippen molar-refractivity contribution in [2.75, 3.05) is 18.0 Å². The smallest absolute Gasteiger partial charge is 0.311 e. The second kappa shape index (κ2) is 5.97. The zero-order valence-corrected chi connectivity index (χ0v) is 12.0. The molecule has 0 N–H and O–H groups in total. The monoisotopic (exact) mass is 300 g/mol. The van der Waals surface area contributed by atoms with Gasteiger partial charge in [-0.3, -0.25) is 14.9 Å². The summed E-state index contributed by atoms with van der Waals surface area (Å²) >= 11 is 0. The molecule has 0 aromatic carbocycles. The quantitative estimate of drug-likeness (QED) is 0.639. The molecule has 0 radical (unpaired) electrons. The van der Waals surface area contributed by atoms with Crippen molar-refractivity contribution in [3.8, 4) is 0 Å². The number of nitro groups is 1. The molecular weight excluding hydrogens is 284 g/mol. The summed E-state index contributed by atoms with van der Waals surface area (Å²) in [6.07, 6.45) is 4.89. The third-order valence-electron chi connectivity index (χ3n) is 3.97. The number of anilines is 1. The number of pyridine rings is 2. The molecule has 1 fully saturated rings. The standard InChI is InChI=1S/C15H16N4O3/c20-14-5-1-2-9-18(14)12-6-10-17(11-7-12)15-13(19(21)22)4-3-8-16-15/h1-5,8-9,12H,6-7,10-11H2. The third-order valence-corrected chi connectivity index (χ3v) is 3.97. The predicted octanol–water partition coefficient (Wildman–Crippen LogP) is 1.99. The van der Waals surface area contributed by atoms with Crippen molar-refractivity contribution in [1.82, 2.24) is 9.55 Å². The van der Waals surface area contributed by atoms with Crippen molar-refractivity contribution < 1.29 is 4.92 Å². The normalized spacial score (nSPS) is 15.7. The van der Waals surface area contributed by atoms with Gasteiger partial charge >= 0.3 is 5.69 Å². The number of hydrogen-bond acceptors (Lipinski definition) is 5. The van der Waals surface area contributed by atoms with Crippen LogP contribution in [0, 0.1) is 10.1 Å². The van der Waals surface area contributed by atoms with Crippen molar-refractivity contribution in [2.45, 2.75) is 18.9 Å². The molecule has 7 heteroatoms. The lowest BCUT2D eigenvalue weighted by Crippen LogP contribution is -2.37. The fraction of sp³-hybridized carbons (Fsp3) is 0.333. The van der Waals surface area contributed by atoms with E-state index in [0.29, 0.717) is 18.9 Å². The molecule has 2 aromatic heterocycles. The van der Waals surface area contributed by atoms with Crippen LogP contribution in [0.5, 0.6) is 0 Å². The summed E-state index contributed by atoms with van der Waals surface area (Å²) in [7, 11) is 0. The molecule has 22 heavy (non-hydrogen) atoms. The van der Waals surface area contributed by atoms with E-state index in [-0.39, 0.29) is 17.3 Å². The second-order valence-corrected chi connectivity index (χ2v) is 5.27. The van der Waals surface area contributed by atoms with Crippen LogP contribution >= 0.6 is 0 Å². The minimum absolute atomic E-state index is 0.00948. The van der Waals surface area contributed by atoms with Gasteiger partial charge in [0.25, 0.3) is 5.56 Å². The van der Waals surface area contributed by atoms with Crippen LogP contribution in [0.1, 0.15) is 18.9 Å². The molecule has 3 rings (SSSR count). The Morgan fingerprint density at radius 3 is 2.64 bits per heavy atom. The summed E-state index contributed by atoms with van der Waals surface area (Å²) in [4.78, 5) is 28.6. The van der Waals surface area contributed by atoms with Gasteiger partial charge in [-0.2, -0.15) is 0 Å². The van der Waals surface area contributed by atoms with Crippen LogP contribution in [0.25, 0.3) is 0 Å². The second-order valence-electron chi connectivity index (χ2n) is 5.27. The highest BCUT2D eigenvalue weighted by Crippen LogP contribution is 2.30. The molecule has 1 aliphatic rings. The molecule has 0 saturated carbocycles. The van der Waals surface area contributed by atoms with E-state index in [1.807, 2.05) is 11.0 Å². The average Bonchev–Trinajstić information content (AvgIpc) is 2.55. The zero-order chi connectivity index (χ0) is 15.5. The average molecular weight is 300 g/mol. The maximum absolute atomic E-state index is 11.9. The lowest BCUT2D eigenvalue weighted by Gasteiger charge is -2.33. The summed E-state index contributed by atoms with van der Waals surface area (Å²) < 4.78 is 1.74. The van der Waals surface area contributed by atoms with E-state index in [1.165, 1.54) is 6.07 Å². The van der Waals surface area contributed by atoms with Gasteiger partial charge in [-0.05, 0) is 25.0 Å². The largest absolute Gasteiger partial charge is 0.351 e. The Morgan fingerprint density at radius 2 is 1.95 bits per heavy atom. The Morgan fingerprint density at radius 1 is 1.18 bits per heavy atom. The van der Waals surface area contributed by atoms with Crippen molar-refractivity contribution in [3.05, 3.63) is 63.2 Å². The summed E-state index contributed by atoms with van der Waals surface area (Å²) in [5.74, 6) is 0.409. The Balaban J connectivity index is 1.77. The number of aromatic nitrogens is 2. The van der Waals surface area contributed by atoms with Crippen LogP contribution in [0.4, 0.5) is 11.5 Å². The molecule has 0 unspecified atom stereocenters. The molecule has 1 aliphatic heterocycles. The van der Waals surface area contributed by atoms with Gasteiger partial charge in [-0.1, -0.05) is 6.07 Å². The van der Waals surface area contributed by atoms with Gasteiger partial charge in [-0.25, -0.2) is 4.98 Å². The van der Waals surface area contributed by atoms with E-state index in [1.54, 1.807) is 35.2 Å². The van der Waals surface area contributed by atoms with Gasteiger partial charge in [0.2, 0.25) is 5.82 Å². The highest BCUT2D eigenvalue weighted by atomic mass is 16.6. The number of rotatable bonds is 3. The van der Waals surface area contributed by atoms with Crippen LogP contribution in [-0.4, -0.2) is 27.6 Å². The van der Waals surface area contributed by atoms with Gasteiger partial charge < -0.3 is 9.47 Å². The first-order valence-electron chi connectivity index (χ1n) is 7.18. The highest BCUT2D eigenvalue weighted by molar-refractivity contribution is 5.57. The van der Waals surface area contributed by atoms with Gasteiger partial charge in [0.15, 0.2) is 0 Å². The lowest BCUT2D eigenvalue weighted by atomic mass is 10.0. The number of piperidine rings is 1. The van der Waals surface area contributed by atoms with Crippen LogP contribution in [0.3, 0.4) is 0 Å². The van der Waals surface area contributed by atoms with E-state index < -0.39 is 4.92 Å². The summed E-state index contributed by atoms with van der Waals surface area (Å²) in [5, 5.41) is 11.1. The van der Waals surface area contributed by atoms with Crippen LogP contribution < -0.4 is 10.5 Å². The molecule has 0 spiro atoms. The zero-order valence-electron chi connectivity index (χ0n) is 12.0. The molecule has 0 bridgehead atoms. The summed E-state index contributed by atoms with van der Waals surface area (Å²) in [5.41, 5.74) is 0.0163. The molecule has 1 saturated heterocycles. The Bertz CT molecular complexity index is 735. The fourth-order valence-electron chi connectivity index (χ4n) is 2.87. The fourth-order valence-corrected chi connectivity index (χ4v) is 2.87. The first-order valence-corrected chi connectivity index (χ1v) is 7.18. The maximum Gasteiger partial charge on any atom is 0.311 e. The van der Waals surface area contributed by atoms with E-state index in [9.17, 15) is 14.9 Å². The molecule has 0 atom stereocenters. The van der Waals surface area contributed by atoms with E-state index in [0.717, 1.165) is 12.8 Å². The van der Waals surface area contributed by atoms with Crippen LogP contribution in [0.2, 0.25) is 0 Å². The van der Waals surface area contributed by atoms with Crippen molar-refractivity contribution >= 4 is 11.5 Å². The van der Waals surface area contributed by atoms with Gasteiger partial charge in [0.05, 0.1) is 4.92 Å². The molecule has 0 amide bonds. The lowest BCUT2D eigenvalue weighted by molar-refractivity contribution is -0.384. The molecular formula is C15H16N4O3. The van der Waals surface area contributed by atoms with Crippen molar-refractivity contribution in [2.24, 2.45) is 0 Å². The predicted molar refractivity (Wildman–Crippen MR) is 82.1 cm³/mol. The molecule has 2 aromatic rings. The third kappa shape index (κ3) is 2.69. The Labute approximate surface area is 127 Å². The van der Waals surface area contributed by atoms with Crippen LogP contribution in [0.15, 0.2) is 47.5 Å².